The van der Waals surface area contributed by atoms with Crippen LogP contribution in [-0.4, -0.2) is 47.4 Å². The van der Waals surface area contributed by atoms with Gasteiger partial charge >= 0.3 is 6.03 Å². The van der Waals surface area contributed by atoms with Crippen molar-refractivity contribution in [1.82, 2.24) is 9.97 Å². The number of halogens is 1. The van der Waals surface area contributed by atoms with Gasteiger partial charge in [0.25, 0.3) is 0 Å². The molecule has 7 nitrogen and oxygen atoms in total. The summed E-state index contributed by atoms with van der Waals surface area (Å²) in [6.07, 6.45) is -0.240. The molecule has 2 aliphatic rings. The lowest BCUT2D eigenvalue weighted by atomic mass is 10.1. The van der Waals surface area contributed by atoms with Gasteiger partial charge in [-0.3, -0.25) is 9.88 Å². The number of urea groups is 1. The van der Waals surface area contributed by atoms with Gasteiger partial charge in [-0.05, 0) is 70.5 Å². The SMILES string of the molecule is Cc1cc(NC(=O)N2CC(C)(C)Oc3ccc(-c4cccc(N5CC[C@H](F)C5)c4)nc32)cc(C)n1.S. The Kier molecular flexibility index (Phi) is 7.13. The van der Waals surface area contributed by atoms with Crippen LogP contribution in [0.25, 0.3) is 11.3 Å². The van der Waals surface area contributed by atoms with Crippen LogP contribution >= 0.6 is 13.5 Å². The number of nitrogens with one attached hydrogen (secondary N) is 1. The summed E-state index contributed by atoms with van der Waals surface area (Å²) in [5.41, 5.74) is 4.37. The fourth-order valence-corrected chi connectivity index (χ4v) is 4.73. The molecule has 3 aromatic rings. The van der Waals surface area contributed by atoms with Gasteiger partial charge in [0, 0.05) is 41.4 Å². The molecule has 0 unspecified atom stereocenters. The molecule has 2 aromatic heterocycles. The van der Waals surface area contributed by atoms with Crippen molar-refractivity contribution in [2.45, 2.75) is 45.9 Å². The number of carbonyl (C=O) groups excluding carboxylic acids is 1. The predicted molar refractivity (Wildman–Crippen MR) is 147 cm³/mol. The summed E-state index contributed by atoms with van der Waals surface area (Å²) in [6, 6.07) is 15.1. The van der Waals surface area contributed by atoms with Gasteiger partial charge in [-0.2, -0.15) is 13.5 Å². The van der Waals surface area contributed by atoms with Crippen molar-refractivity contribution in [2.24, 2.45) is 0 Å². The molecule has 1 fully saturated rings. The molecule has 1 saturated heterocycles. The maximum atomic E-state index is 13.7. The highest BCUT2D eigenvalue weighted by Crippen LogP contribution is 2.38. The van der Waals surface area contributed by atoms with Gasteiger partial charge in [-0.25, -0.2) is 14.2 Å². The van der Waals surface area contributed by atoms with Crippen LogP contribution in [0.5, 0.6) is 5.75 Å². The van der Waals surface area contributed by atoms with Crippen LogP contribution in [0.3, 0.4) is 0 Å². The molecule has 5 rings (SSSR count). The first-order chi connectivity index (χ1) is 16.7. The molecule has 0 aliphatic carbocycles. The number of hydrogen-bond acceptors (Lipinski definition) is 5. The maximum Gasteiger partial charge on any atom is 0.327 e. The van der Waals surface area contributed by atoms with Crippen LogP contribution in [0.15, 0.2) is 48.5 Å². The van der Waals surface area contributed by atoms with Crippen molar-refractivity contribution in [2.75, 3.05) is 34.8 Å². The summed E-state index contributed by atoms with van der Waals surface area (Å²) >= 11 is 0. The van der Waals surface area contributed by atoms with Gasteiger partial charge in [0.15, 0.2) is 11.6 Å². The summed E-state index contributed by atoms with van der Waals surface area (Å²) in [4.78, 5) is 26.3. The molecular weight excluding hydrogens is 477 g/mol. The third kappa shape index (κ3) is 5.41. The number of hydrogen-bond donors (Lipinski definition) is 1. The fourth-order valence-electron chi connectivity index (χ4n) is 4.73. The van der Waals surface area contributed by atoms with Crippen molar-refractivity contribution >= 4 is 36.7 Å². The Morgan fingerprint density at radius 2 is 1.86 bits per heavy atom. The van der Waals surface area contributed by atoms with Crippen molar-refractivity contribution in [3.8, 4) is 17.0 Å². The number of fused-ring (bicyclic) bond motifs is 1. The number of amides is 2. The van der Waals surface area contributed by atoms with Crippen molar-refractivity contribution in [3.05, 3.63) is 59.9 Å². The second kappa shape index (κ2) is 9.97. The molecule has 190 valence electrons. The Hall–Kier alpha value is -3.33. The minimum Gasteiger partial charge on any atom is -0.482 e. The second-order valence-electron chi connectivity index (χ2n) is 9.92. The molecule has 0 radical (unpaired) electrons. The summed E-state index contributed by atoms with van der Waals surface area (Å²) in [6.45, 7) is 9.14. The molecule has 1 atom stereocenters. The highest BCUT2D eigenvalue weighted by Gasteiger charge is 2.36. The fraction of sp³-hybridized carbons (Fsp3) is 0.370. The Balaban J connectivity index is 0.00000304. The molecule has 0 saturated carbocycles. The number of carbonyl (C=O) groups is 1. The molecular formula is C27H32FN5O2S. The number of aryl methyl sites for hydroxylation is 2. The molecule has 36 heavy (non-hydrogen) atoms. The number of anilines is 3. The molecule has 9 heteroatoms. The van der Waals surface area contributed by atoms with E-state index in [2.05, 4.69) is 15.2 Å². The lowest BCUT2D eigenvalue weighted by Crippen LogP contribution is -2.51. The van der Waals surface area contributed by atoms with Crippen LogP contribution in [0.4, 0.5) is 26.4 Å². The van der Waals surface area contributed by atoms with E-state index in [0.29, 0.717) is 43.3 Å². The Bertz CT molecular complexity index is 1260. The lowest BCUT2D eigenvalue weighted by Gasteiger charge is -2.38. The average Bonchev–Trinajstić information content (AvgIpc) is 3.23. The quantitative estimate of drug-likeness (QED) is 0.496. The topological polar surface area (TPSA) is 70.6 Å². The smallest absolute Gasteiger partial charge is 0.327 e. The first-order valence-corrected chi connectivity index (χ1v) is 11.9. The minimum absolute atomic E-state index is 0. The number of aromatic nitrogens is 2. The lowest BCUT2D eigenvalue weighted by molar-refractivity contribution is 0.106. The first kappa shape index (κ1) is 25.8. The first-order valence-electron chi connectivity index (χ1n) is 11.9. The zero-order chi connectivity index (χ0) is 24.7. The number of ether oxygens (including phenoxy) is 1. The normalized spacial score (nSPS) is 18.2. The highest BCUT2D eigenvalue weighted by atomic mass is 32.1. The summed E-state index contributed by atoms with van der Waals surface area (Å²) in [7, 11) is 0. The Morgan fingerprint density at radius 3 is 2.56 bits per heavy atom. The molecule has 4 heterocycles. The zero-order valence-corrected chi connectivity index (χ0v) is 22.0. The molecule has 1 aromatic carbocycles. The van der Waals surface area contributed by atoms with Crippen LogP contribution in [-0.2, 0) is 0 Å². The van der Waals surface area contributed by atoms with Crippen LogP contribution < -0.4 is 19.9 Å². The number of nitrogens with zero attached hydrogens (tertiary/aromatic N) is 4. The van der Waals surface area contributed by atoms with Crippen molar-refractivity contribution < 1.29 is 13.9 Å². The van der Waals surface area contributed by atoms with E-state index in [1.807, 2.05) is 76.2 Å². The van der Waals surface area contributed by atoms with Gasteiger partial charge in [0.1, 0.15) is 11.8 Å². The molecule has 0 bridgehead atoms. The van der Waals surface area contributed by atoms with E-state index >= 15 is 0 Å². The number of pyridine rings is 2. The predicted octanol–water partition coefficient (Wildman–Crippen LogP) is 5.63. The van der Waals surface area contributed by atoms with Crippen LogP contribution in [0.1, 0.15) is 31.7 Å². The summed E-state index contributed by atoms with van der Waals surface area (Å²) < 4.78 is 19.9. The van der Waals surface area contributed by atoms with Crippen LogP contribution in [0, 0.1) is 13.8 Å². The number of alkyl halides is 1. The van der Waals surface area contributed by atoms with E-state index in [9.17, 15) is 9.18 Å². The van der Waals surface area contributed by atoms with E-state index in [1.165, 1.54) is 0 Å². The van der Waals surface area contributed by atoms with Gasteiger partial charge in [0.2, 0.25) is 0 Å². The third-order valence-electron chi connectivity index (χ3n) is 6.24. The monoisotopic (exact) mass is 509 g/mol. The average molecular weight is 510 g/mol. The van der Waals surface area contributed by atoms with Crippen LogP contribution in [0.2, 0.25) is 0 Å². The largest absolute Gasteiger partial charge is 0.482 e. The summed E-state index contributed by atoms with van der Waals surface area (Å²) in [5, 5.41) is 2.99. The molecule has 0 spiro atoms. The standard InChI is InChI=1S/C27H30FN5O2.H2S/c1-17-12-21(13-18(2)29-17)30-26(34)33-16-27(3,4)35-24-9-8-23(31-25(24)33)19-6-5-7-22(14-19)32-11-10-20(28)15-32;/h5-9,12-14,20H,10-11,15-16H2,1-4H3,(H,29,30,34);1H2/t20-;/m0./s1. The Morgan fingerprint density at radius 1 is 1.11 bits per heavy atom. The third-order valence-corrected chi connectivity index (χ3v) is 6.24. The molecule has 2 aliphatic heterocycles. The van der Waals surface area contributed by atoms with Gasteiger partial charge < -0.3 is 15.0 Å². The number of rotatable bonds is 3. The zero-order valence-electron chi connectivity index (χ0n) is 21.0. The van der Waals surface area contributed by atoms with Gasteiger partial charge in [-0.1, -0.05) is 12.1 Å². The highest BCUT2D eigenvalue weighted by molar-refractivity contribution is 7.59. The van der Waals surface area contributed by atoms with E-state index < -0.39 is 11.8 Å². The van der Waals surface area contributed by atoms with Gasteiger partial charge in [0.05, 0.1) is 12.2 Å². The van der Waals surface area contributed by atoms with Crippen molar-refractivity contribution in [1.29, 1.82) is 0 Å². The van der Waals surface area contributed by atoms with E-state index in [0.717, 1.165) is 28.3 Å². The second-order valence-corrected chi connectivity index (χ2v) is 9.92. The van der Waals surface area contributed by atoms with E-state index in [4.69, 9.17) is 9.72 Å². The summed E-state index contributed by atoms with van der Waals surface area (Å²) in [5.74, 6) is 1.02. The molecule has 1 N–H and O–H groups in total. The van der Waals surface area contributed by atoms with Gasteiger partial charge in [-0.15, -0.1) is 0 Å². The van der Waals surface area contributed by atoms with E-state index in [1.54, 1.807) is 4.90 Å². The Labute approximate surface area is 218 Å². The van der Waals surface area contributed by atoms with Crippen molar-refractivity contribution in [3.63, 3.8) is 0 Å². The maximum absolute atomic E-state index is 13.7. The minimum atomic E-state index is -0.791. The molecule has 2 amide bonds. The van der Waals surface area contributed by atoms with E-state index in [-0.39, 0.29) is 19.5 Å². The number of benzene rings is 1.